The highest BCUT2D eigenvalue weighted by Gasteiger charge is 2.18. The third-order valence-electron chi connectivity index (χ3n) is 5.27. The molecule has 0 amide bonds. The maximum Gasteiger partial charge on any atom is 0.138 e. The molecule has 0 aliphatic carbocycles. The van der Waals surface area contributed by atoms with E-state index in [-0.39, 0.29) is 0 Å². The predicted octanol–water partition coefficient (Wildman–Crippen LogP) is 4.71. The summed E-state index contributed by atoms with van der Waals surface area (Å²) in [5, 5.41) is 6.88. The van der Waals surface area contributed by atoms with Crippen LogP contribution in [-0.4, -0.2) is 34.5 Å². The van der Waals surface area contributed by atoms with E-state index in [1.54, 1.807) is 6.20 Å². The van der Waals surface area contributed by atoms with Crippen LogP contribution in [0.15, 0.2) is 79.4 Å². The number of fused-ring (bicyclic) bond motifs is 2. The minimum atomic E-state index is 0.806. The molecule has 6 heterocycles. The van der Waals surface area contributed by atoms with Crippen molar-refractivity contribution in [2.45, 2.75) is 6.92 Å². The second-order valence-corrected chi connectivity index (χ2v) is 7.35. The molecule has 0 aliphatic rings. The summed E-state index contributed by atoms with van der Waals surface area (Å²) in [5.41, 5.74) is 8.73. The summed E-state index contributed by atoms with van der Waals surface area (Å²) in [6.45, 7) is 1.98. The Balaban J connectivity index is 1.60. The Labute approximate surface area is 177 Å². The van der Waals surface area contributed by atoms with Gasteiger partial charge in [0.1, 0.15) is 17.0 Å². The van der Waals surface area contributed by atoms with Crippen LogP contribution in [0.25, 0.3) is 50.6 Å². The summed E-state index contributed by atoms with van der Waals surface area (Å²) < 4.78 is 2.06. The number of aryl methyl sites for hydroxylation is 1. The first-order valence-corrected chi connectivity index (χ1v) is 9.94. The fourth-order valence-electron chi connectivity index (χ4n) is 3.80. The Morgan fingerprint density at radius 3 is 2.65 bits per heavy atom. The Morgan fingerprint density at radius 1 is 0.806 bits per heavy atom. The van der Waals surface area contributed by atoms with E-state index in [1.165, 1.54) is 0 Å². The number of aromatic amines is 1. The normalized spacial score (nSPS) is 11.4. The average molecular weight is 403 g/mol. The van der Waals surface area contributed by atoms with Gasteiger partial charge < -0.3 is 0 Å². The fraction of sp³-hybridized carbons (Fsp3) is 0.0417. The lowest BCUT2D eigenvalue weighted by molar-refractivity contribution is 1.09. The molecule has 6 aromatic heterocycles. The van der Waals surface area contributed by atoms with Gasteiger partial charge in [0.15, 0.2) is 0 Å². The number of nitrogens with zero attached hydrogens (tertiary/aromatic N) is 6. The zero-order chi connectivity index (χ0) is 20.8. The zero-order valence-corrected chi connectivity index (χ0v) is 16.7. The molecule has 0 atom stereocenters. The van der Waals surface area contributed by atoms with Gasteiger partial charge in [-0.3, -0.25) is 19.5 Å². The lowest BCUT2D eigenvalue weighted by atomic mass is 10.1. The maximum absolute atomic E-state index is 4.97. The summed E-state index contributed by atoms with van der Waals surface area (Å²) in [6, 6.07) is 17.9. The standard InChI is InChI=1S/C24H17N7/c1-15-5-4-6-19(28-15)23-24(31-10-3-2-7-22(31)30-23)20-9-8-18-21(29-20)11-16(12-25-18)17-13-26-27-14-17/h2-14H,1H3,(H,26,27). The first kappa shape index (κ1) is 17.5. The maximum atomic E-state index is 4.97. The summed E-state index contributed by atoms with van der Waals surface area (Å²) in [6.07, 6.45) is 7.46. The van der Waals surface area contributed by atoms with E-state index in [1.807, 2.05) is 80.1 Å². The van der Waals surface area contributed by atoms with Crippen LogP contribution in [0.4, 0.5) is 0 Å². The summed E-state index contributed by atoms with van der Waals surface area (Å²) in [5.74, 6) is 0. The molecular formula is C24H17N7. The van der Waals surface area contributed by atoms with Crippen molar-refractivity contribution in [3.63, 3.8) is 0 Å². The van der Waals surface area contributed by atoms with Gasteiger partial charge in [0.2, 0.25) is 0 Å². The number of hydrogen-bond donors (Lipinski definition) is 1. The highest BCUT2D eigenvalue weighted by molar-refractivity contribution is 5.85. The van der Waals surface area contributed by atoms with Crippen molar-refractivity contribution in [3.8, 4) is 33.9 Å². The third-order valence-corrected chi connectivity index (χ3v) is 5.27. The molecule has 0 radical (unpaired) electrons. The van der Waals surface area contributed by atoms with Gasteiger partial charge in [0.25, 0.3) is 0 Å². The zero-order valence-electron chi connectivity index (χ0n) is 16.7. The minimum absolute atomic E-state index is 0.806. The number of pyridine rings is 4. The monoisotopic (exact) mass is 403 g/mol. The van der Waals surface area contributed by atoms with Crippen LogP contribution >= 0.6 is 0 Å². The molecule has 7 nitrogen and oxygen atoms in total. The number of H-pyrrole nitrogens is 1. The smallest absolute Gasteiger partial charge is 0.138 e. The molecule has 0 aromatic carbocycles. The van der Waals surface area contributed by atoms with E-state index >= 15 is 0 Å². The van der Waals surface area contributed by atoms with Crippen LogP contribution < -0.4 is 0 Å². The lowest BCUT2D eigenvalue weighted by Gasteiger charge is -2.07. The van der Waals surface area contributed by atoms with E-state index in [0.717, 1.165) is 56.3 Å². The summed E-state index contributed by atoms with van der Waals surface area (Å²) in [4.78, 5) is 19.1. The van der Waals surface area contributed by atoms with Crippen LogP contribution in [0.1, 0.15) is 5.69 Å². The van der Waals surface area contributed by atoms with Gasteiger partial charge in [-0.2, -0.15) is 5.10 Å². The van der Waals surface area contributed by atoms with Crippen molar-refractivity contribution in [2.24, 2.45) is 0 Å². The fourth-order valence-corrected chi connectivity index (χ4v) is 3.80. The molecule has 1 N–H and O–H groups in total. The number of aromatic nitrogens is 7. The van der Waals surface area contributed by atoms with E-state index in [9.17, 15) is 0 Å². The quantitative estimate of drug-likeness (QED) is 0.463. The highest BCUT2D eigenvalue weighted by atomic mass is 15.1. The number of imidazole rings is 1. The molecule has 7 heteroatoms. The number of rotatable bonds is 3. The molecule has 0 saturated heterocycles. The van der Waals surface area contributed by atoms with E-state index < -0.39 is 0 Å². The summed E-state index contributed by atoms with van der Waals surface area (Å²) >= 11 is 0. The second-order valence-electron chi connectivity index (χ2n) is 7.35. The lowest BCUT2D eigenvalue weighted by Crippen LogP contribution is -1.95. The van der Waals surface area contributed by atoms with Crippen molar-refractivity contribution in [2.75, 3.05) is 0 Å². The van der Waals surface area contributed by atoms with Crippen LogP contribution in [-0.2, 0) is 0 Å². The van der Waals surface area contributed by atoms with Gasteiger partial charge in [0.05, 0.1) is 28.6 Å². The molecule has 0 fully saturated rings. The third kappa shape index (κ3) is 2.95. The van der Waals surface area contributed by atoms with Gasteiger partial charge in [0, 0.05) is 35.4 Å². The van der Waals surface area contributed by atoms with Crippen LogP contribution in [0.3, 0.4) is 0 Å². The molecule has 148 valence electrons. The molecule has 6 rings (SSSR count). The Bertz CT molecular complexity index is 1550. The first-order valence-electron chi connectivity index (χ1n) is 9.94. The van der Waals surface area contributed by atoms with Crippen molar-refractivity contribution in [3.05, 3.63) is 85.1 Å². The van der Waals surface area contributed by atoms with Gasteiger partial charge in [-0.05, 0) is 49.4 Å². The van der Waals surface area contributed by atoms with Crippen molar-refractivity contribution >= 4 is 16.7 Å². The SMILES string of the molecule is Cc1cccc(-c2nc3ccccn3c2-c2ccc3ncc(-c4cn[nH]c4)cc3n2)n1. The number of nitrogens with one attached hydrogen (secondary N) is 1. The van der Waals surface area contributed by atoms with Crippen LogP contribution in [0, 0.1) is 6.92 Å². The van der Waals surface area contributed by atoms with Gasteiger partial charge >= 0.3 is 0 Å². The number of hydrogen-bond acceptors (Lipinski definition) is 5. The largest absolute Gasteiger partial charge is 0.298 e. The molecule has 6 aromatic rings. The molecule has 0 spiro atoms. The molecule has 0 unspecified atom stereocenters. The first-order chi connectivity index (χ1) is 15.3. The Kier molecular flexibility index (Phi) is 3.86. The molecule has 31 heavy (non-hydrogen) atoms. The van der Waals surface area contributed by atoms with Crippen molar-refractivity contribution in [1.82, 2.24) is 34.5 Å². The Morgan fingerprint density at radius 2 is 1.77 bits per heavy atom. The van der Waals surface area contributed by atoms with Crippen LogP contribution in [0.5, 0.6) is 0 Å². The van der Waals surface area contributed by atoms with Gasteiger partial charge in [-0.15, -0.1) is 0 Å². The minimum Gasteiger partial charge on any atom is -0.298 e. The van der Waals surface area contributed by atoms with E-state index in [2.05, 4.69) is 19.6 Å². The molecular weight excluding hydrogens is 386 g/mol. The Hall–Kier alpha value is -4.39. The average Bonchev–Trinajstić information content (AvgIpc) is 3.47. The van der Waals surface area contributed by atoms with Crippen LogP contribution in [0.2, 0.25) is 0 Å². The van der Waals surface area contributed by atoms with Gasteiger partial charge in [-0.25, -0.2) is 9.97 Å². The predicted molar refractivity (Wildman–Crippen MR) is 119 cm³/mol. The van der Waals surface area contributed by atoms with E-state index in [0.29, 0.717) is 0 Å². The van der Waals surface area contributed by atoms with Gasteiger partial charge in [-0.1, -0.05) is 12.1 Å². The highest BCUT2D eigenvalue weighted by Crippen LogP contribution is 2.32. The summed E-state index contributed by atoms with van der Waals surface area (Å²) in [7, 11) is 0. The molecule has 0 aliphatic heterocycles. The topological polar surface area (TPSA) is 84.6 Å². The van der Waals surface area contributed by atoms with Crippen molar-refractivity contribution < 1.29 is 0 Å². The van der Waals surface area contributed by atoms with Crippen molar-refractivity contribution in [1.29, 1.82) is 0 Å². The second kappa shape index (κ2) is 6.84. The molecule has 0 bridgehead atoms. The molecule has 0 saturated carbocycles. The van der Waals surface area contributed by atoms with E-state index in [4.69, 9.17) is 15.0 Å².